The summed E-state index contributed by atoms with van der Waals surface area (Å²) in [5.41, 5.74) is 0.695. The predicted octanol–water partition coefficient (Wildman–Crippen LogP) is 3.18. The number of ether oxygens (including phenoxy) is 1. The molecule has 1 aliphatic heterocycles. The third-order valence-corrected chi connectivity index (χ3v) is 5.32. The molecule has 1 saturated heterocycles. The topological polar surface area (TPSA) is 137 Å². The van der Waals surface area contributed by atoms with Gasteiger partial charge in [0.25, 0.3) is 5.91 Å². The van der Waals surface area contributed by atoms with Crippen molar-refractivity contribution in [3.63, 3.8) is 0 Å². The van der Waals surface area contributed by atoms with Crippen LogP contribution in [0, 0.1) is 0 Å². The van der Waals surface area contributed by atoms with Gasteiger partial charge in [-0.15, -0.1) is 0 Å². The number of likely N-dealkylation sites (N-methyl/N-ethyl adjacent to an activating group) is 1. The van der Waals surface area contributed by atoms with E-state index >= 15 is 0 Å². The summed E-state index contributed by atoms with van der Waals surface area (Å²) >= 11 is 1.11. The smallest absolute Gasteiger partial charge is 0.344 e. The Hall–Kier alpha value is -3.79. The van der Waals surface area contributed by atoms with E-state index in [4.69, 9.17) is 14.9 Å². The summed E-state index contributed by atoms with van der Waals surface area (Å²) in [7, 11) is 1.55. The Balaban J connectivity index is 1.84. The monoisotopic (exact) mass is 442 g/mol. The number of aromatic hydroxyl groups is 1. The van der Waals surface area contributed by atoms with E-state index in [0.29, 0.717) is 27.1 Å². The average Bonchev–Trinajstić information content (AvgIpc) is 2.95. The van der Waals surface area contributed by atoms with Crippen molar-refractivity contribution < 1.29 is 34.4 Å². The van der Waals surface area contributed by atoms with Gasteiger partial charge in [-0.25, -0.2) is 14.6 Å². The molecule has 0 aromatic heterocycles. The lowest BCUT2D eigenvalue weighted by Crippen LogP contribution is -2.23. The van der Waals surface area contributed by atoms with Crippen molar-refractivity contribution in [3.05, 3.63) is 58.5 Å². The van der Waals surface area contributed by atoms with Gasteiger partial charge in [0.15, 0.2) is 11.3 Å². The number of carbonyl (C=O) groups excluding carboxylic acids is 1. The minimum Gasteiger partial charge on any atom is -0.507 e. The molecule has 3 N–H and O–H groups in total. The molecular formula is C21H18N2O7S. The maximum atomic E-state index is 12.6. The molecule has 31 heavy (non-hydrogen) atoms. The second-order valence-corrected chi connectivity index (χ2v) is 7.56. The molecule has 1 atom stereocenters. The zero-order valence-electron chi connectivity index (χ0n) is 16.5. The molecule has 2 aromatic carbocycles. The van der Waals surface area contributed by atoms with Crippen molar-refractivity contribution in [2.75, 3.05) is 7.05 Å². The zero-order chi connectivity index (χ0) is 22.7. The summed E-state index contributed by atoms with van der Waals surface area (Å²) in [6, 6.07) is 10.6. The molecule has 2 aromatic rings. The van der Waals surface area contributed by atoms with Crippen LogP contribution >= 0.6 is 11.8 Å². The zero-order valence-corrected chi connectivity index (χ0v) is 17.3. The molecule has 0 bridgehead atoms. The number of amidine groups is 1. The molecule has 1 amide bonds. The fourth-order valence-corrected chi connectivity index (χ4v) is 3.60. The van der Waals surface area contributed by atoms with E-state index in [0.717, 1.165) is 11.8 Å². The van der Waals surface area contributed by atoms with Gasteiger partial charge in [0, 0.05) is 13.1 Å². The first-order chi connectivity index (χ1) is 14.7. The van der Waals surface area contributed by atoms with Gasteiger partial charge in [-0.2, -0.15) is 0 Å². The van der Waals surface area contributed by atoms with E-state index in [1.807, 2.05) is 0 Å². The lowest BCUT2D eigenvalue weighted by Gasteiger charge is -2.10. The largest absolute Gasteiger partial charge is 0.507 e. The van der Waals surface area contributed by atoms with Crippen molar-refractivity contribution in [3.8, 4) is 11.5 Å². The van der Waals surface area contributed by atoms with E-state index in [-0.39, 0.29) is 11.5 Å². The SMILES string of the molecule is CC(Oc1cccc(/C=C2\SC(=Nc3ccc(C(=O)O)c(O)c3)N(C)C2=O)c1)C(=O)O. The molecule has 1 aliphatic rings. The minimum atomic E-state index is -1.26. The second kappa shape index (κ2) is 8.92. The molecule has 1 heterocycles. The normalized spacial score (nSPS) is 17.2. The van der Waals surface area contributed by atoms with Crippen LogP contribution in [-0.2, 0) is 9.59 Å². The lowest BCUT2D eigenvalue weighted by molar-refractivity contribution is -0.144. The van der Waals surface area contributed by atoms with E-state index in [2.05, 4.69) is 4.99 Å². The number of aliphatic carboxylic acids is 1. The first-order valence-corrected chi connectivity index (χ1v) is 9.79. The number of aromatic carboxylic acids is 1. The van der Waals surface area contributed by atoms with Crippen molar-refractivity contribution in [1.82, 2.24) is 4.90 Å². The number of carboxylic acid groups (broad SMARTS) is 2. The number of carbonyl (C=O) groups is 3. The Labute approximate surface area is 181 Å². The number of thioether (sulfide) groups is 1. The quantitative estimate of drug-likeness (QED) is 0.580. The standard InChI is InChI=1S/C21H18N2O7S/c1-11(19(26)27)30-14-5-3-4-12(8-14)9-17-18(25)23(2)21(31-17)22-13-6-7-15(20(28)29)16(24)10-13/h3-11,24H,1-2H3,(H,26,27)(H,28,29)/b17-9-,22-21?. The number of amides is 1. The highest BCUT2D eigenvalue weighted by atomic mass is 32.2. The molecule has 10 heteroatoms. The first-order valence-electron chi connectivity index (χ1n) is 8.98. The number of rotatable bonds is 6. The highest BCUT2D eigenvalue weighted by Crippen LogP contribution is 2.34. The van der Waals surface area contributed by atoms with Crippen LogP contribution < -0.4 is 4.74 Å². The summed E-state index contributed by atoms with van der Waals surface area (Å²) in [4.78, 5) is 40.6. The Kier molecular flexibility index (Phi) is 6.30. The van der Waals surface area contributed by atoms with Crippen LogP contribution in [0.1, 0.15) is 22.8 Å². The predicted molar refractivity (Wildman–Crippen MR) is 115 cm³/mol. The van der Waals surface area contributed by atoms with Gasteiger partial charge >= 0.3 is 11.9 Å². The fourth-order valence-electron chi connectivity index (χ4n) is 2.62. The van der Waals surface area contributed by atoms with Gasteiger partial charge in [0.05, 0.1) is 10.6 Å². The lowest BCUT2D eigenvalue weighted by atomic mass is 10.2. The Bertz CT molecular complexity index is 1130. The highest BCUT2D eigenvalue weighted by molar-refractivity contribution is 8.18. The number of aliphatic imine (C=N–C) groups is 1. The molecule has 3 rings (SSSR count). The third kappa shape index (κ3) is 5.04. The number of hydrogen-bond acceptors (Lipinski definition) is 7. The maximum Gasteiger partial charge on any atom is 0.344 e. The van der Waals surface area contributed by atoms with Crippen molar-refractivity contribution in [2.45, 2.75) is 13.0 Å². The van der Waals surface area contributed by atoms with Gasteiger partial charge in [-0.1, -0.05) is 12.1 Å². The van der Waals surface area contributed by atoms with E-state index in [1.165, 1.54) is 30.0 Å². The van der Waals surface area contributed by atoms with Crippen molar-refractivity contribution in [2.24, 2.45) is 4.99 Å². The van der Waals surface area contributed by atoms with Gasteiger partial charge in [0.2, 0.25) is 0 Å². The van der Waals surface area contributed by atoms with Gasteiger partial charge in [0.1, 0.15) is 17.1 Å². The number of phenols is 1. The second-order valence-electron chi connectivity index (χ2n) is 6.55. The van der Waals surface area contributed by atoms with Crippen LogP contribution in [0.15, 0.2) is 52.4 Å². The molecule has 1 fully saturated rings. The molecule has 0 saturated carbocycles. The van der Waals surface area contributed by atoms with Gasteiger partial charge < -0.3 is 20.1 Å². The summed E-state index contributed by atoms with van der Waals surface area (Å²) < 4.78 is 5.35. The van der Waals surface area contributed by atoms with Crippen LogP contribution in [0.2, 0.25) is 0 Å². The molecule has 160 valence electrons. The van der Waals surface area contributed by atoms with Crippen LogP contribution in [0.25, 0.3) is 6.08 Å². The average molecular weight is 442 g/mol. The molecule has 1 unspecified atom stereocenters. The number of carboxylic acids is 2. The van der Waals surface area contributed by atoms with E-state index in [1.54, 1.807) is 37.4 Å². The summed E-state index contributed by atoms with van der Waals surface area (Å²) in [5.74, 6) is -2.70. The highest BCUT2D eigenvalue weighted by Gasteiger charge is 2.30. The maximum absolute atomic E-state index is 12.6. The van der Waals surface area contributed by atoms with Crippen LogP contribution in [0.5, 0.6) is 11.5 Å². The fraction of sp³-hybridized carbons (Fsp3) is 0.143. The number of benzene rings is 2. The van der Waals surface area contributed by atoms with Crippen LogP contribution in [-0.4, -0.2) is 56.4 Å². The summed E-state index contributed by atoms with van der Waals surface area (Å²) in [6.45, 7) is 1.42. The third-order valence-electron chi connectivity index (χ3n) is 4.26. The Morgan fingerprint density at radius 3 is 2.58 bits per heavy atom. The minimum absolute atomic E-state index is 0.243. The summed E-state index contributed by atoms with van der Waals surface area (Å²) in [5, 5.41) is 28.1. The Morgan fingerprint density at radius 1 is 1.19 bits per heavy atom. The van der Waals surface area contributed by atoms with Gasteiger partial charge in [-0.3, -0.25) is 9.69 Å². The number of hydrogen-bond donors (Lipinski definition) is 3. The van der Waals surface area contributed by atoms with Gasteiger partial charge in [-0.05, 0) is 54.6 Å². The molecule has 0 spiro atoms. The molecule has 0 radical (unpaired) electrons. The first kappa shape index (κ1) is 21.9. The Morgan fingerprint density at radius 2 is 1.94 bits per heavy atom. The van der Waals surface area contributed by atoms with Crippen molar-refractivity contribution >= 4 is 46.5 Å². The number of nitrogens with zero attached hydrogens (tertiary/aromatic N) is 2. The summed E-state index contributed by atoms with van der Waals surface area (Å²) in [6.07, 6.45) is 0.620. The van der Waals surface area contributed by atoms with Crippen LogP contribution in [0.4, 0.5) is 5.69 Å². The molecule has 0 aliphatic carbocycles. The molecule has 9 nitrogen and oxygen atoms in total. The van der Waals surface area contributed by atoms with Crippen molar-refractivity contribution in [1.29, 1.82) is 0 Å². The molecular weight excluding hydrogens is 424 g/mol. The van der Waals surface area contributed by atoms with E-state index in [9.17, 15) is 19.5 Å². The van der Waals surface area contributed by atoms with Crippen LogP contribution in [0.3, 0.4) is 0 Å². The van der Waals surface area contributed by atoms with E-state index < -0.39 is 23.8 Å².